The molecule has 0 aromatic heterocycles. The molecule has 18 heavy (non-hydrogen) atoms. The van der Waals surface area contributed by atoms with E-state index in [0.29, 0.717) is 0 Å². The van der Waals surface area contributed by atoms with Gasteiger partial charge in [0.25, 0.3) is 10.1 Å². The second-order valence-electron chi connectivity index (χ2n) is 3.66. The molecular formula is C9H12NO6S2. The zero-order chi connectivity index (χ0) is 14.1. The zero-order valence-corrected chi connectivity index (χ0v) is 11.1. The third-order valence-corrected chi connectivity index (χ3v) is 4.40. The van der Waals surface area contributed by atoms with Gasteiger partial charge in [-0.25, -0.2) is 18.7 Å². The molecule has 0 saturated heterocycles. The van der Waals surface area contributed by atoms with Crippen molar-refractivity contribution < 1.29 is 26.5 Å². The number of hydrogen-bond acceptors (Lipinski definition) is 4. The third-order valence-electron chi connectivity index (χ3n) is 2.33. The topological polar surface area (TPSA) is 134 Å². The minimum atomic E-state index is -4.61. The second-order valence-corrected chi connectivity index (χ2v) is 6.55. The summed E-state index contributed by atoms with van der Waals surface area (Å²) in [5, 5.41) is 15.7. The van der Waals surface area contributed by atoms with Crippen molar-refractivity contribution in [3.05, 3.63) is 23.3 Å². The summed E-state index contributed by atoms with van der Waals surface area (Å²) in [7, 11) is -8.80. The van der Waals surface area contributed by atoms with E-state index in [1.807, 2.05) is 0 Å². The van der Waals surface area contributed by atoms with Gasteiger partial charge >= 0.3 is 0 Å². The fraction of sp³-hybridized carbons (Fsp3) is 0.333. The van der Waals surface area contributed by atoms with Crippen LogP contribution in [0.2, 0.25) is 0 Å². The van der Waals surface area contributed by atoms with Crippen molar-refractivity contribution in [3.8, 4) is 0 Å². The van der Waals surface area contributed by atoms with E-state index in [2.05, 4.69) is 0 Å². The van der Waals surface area contributed by atoms with Crippen LogP contribution in [0.1, 0.15) is 11.1 Å². The number of rotatable bonds is 4. The van der Waals surface area contributed by atoms with Gasteiger partial charge < -0.3 is 0 Å². The summed E-state index contributed by atoms with van der Waals surface area (Å²) >= 11 is 0. The molecule has 0 aliphatic rings. The van der Waals surface area contributed by atoms with E-state index in [0.717, 1.165) is 6.07 Å². The SMILES string of the molecule is Cc1ccc(S(=O)(=O)O)c(CC[O])c1S(N)(=O)=O. The minimum absolute atomic E-state index is 0.216. The van der Waals surface area contributed by atoms with Crippen molar-refractivity contribution in [1.82, 2.24) is 0 Å². The maximum Gasteiger partial charge on any atom is 0.294 e. The van der Waals surface area contributed by atoms with E-state index in [4.69, 9.17) is 9.69 Å². The Hall–Kier alpha value is -1.00. The quantitative estimate of drug-likeness (QED) is 0.745. The Kier molecular flexibility index (Phi) is 4.13. The summed E-state index contributed by atoms with van der Waals surface area (Å²) in [5.74, 6) is 0. The number of aryl methyl sites for hydroxylation is 1. The van der Waals surface area contributed by atoms with Gasteiger partial charge in [0, 0.05) is 6.42 Å². The van der Waals surface area contributed by atoms with Crippen LogP contribution >= 0.6 is 0 Å². The average Bonchev–Trinajstić information content (AvgIpc) is 2.13. The van der Waals surface area contributed by atoms with E-state index >= 15 is 0 Å². The van der Waals surface area contributed by atoms with E-state index in [1.54, 1.807) is 0 Å². The minimum Gasteiger partial charge on any atom is -0.282 e. The van der Waals surface area contributed by atoms with Crippen molar-refractivity contribution in [2.24, 2.45) is 5.14 Å². The molecule has 101 valence electrons. The van der Waals surface area contributed by atoms with E-state index < -0.39 is 36.5 Å². The van der Waals surface area contributed by atoms with Crippen LogP contribution in [0.25, 0.3) is 0 Å². The molecule has 7 nitrogen and oxygen atoms in total. The van der Waals surface area contributed by atoms with Gasteiger partial charge in [0.05, 0.1) is 16.4 Å². The van der Waals surface area contributed by atoms with E-state index in [1.165, 1.54) is 13.0 Å². The lowest BCUT2D eigenvalue weighted by Crippen LogP contribution is -2.19. The fourth-order valence-electron chi connectivity index (χ4n) is 1.70. The molecule has 0 aliphatic heterocycles. The molecule has 0 saturated carbocycles. The first-order valence-corrected chi connectivity index (χ1v) is 7.78. The second kappa shape index (κ2) is 4.94. The zero-order valence-electron chi connectivity index (χ0n) is 9.45. The molecule has 0 atom stereocenters. The summed E-state index contributed by atoms with van der Waals surface area (Å²) in [6, 6.07) is 2.25. The Morgan fingerprint density at radius 2 is 1.78 bits per heavy atom. The standard InChI is InChI=1S/C9H12NO6S2/c1-6-2-3-8(18(14,15)16)7(4-5-11)9(6)17(10,12)13/h2-3H,4-5H2,1H3,(H2,10,12,13)(H,14,15,16). The van der Waals surface area contributed by atoms with Gasteiger partial charge in [-0.15, -0.1) is 0 Å². The van der Waals surface area contributed by atoms with Crippen LogP contribution in [0.15, 0.2) is 21.9 Å². The maximum atomic E-state index is 11.4. The van der Waals surface area contributed by atoms with E-state index in [9.17, 15) is 21.9 Å². The molecule has 9 heteroatoms. The van der Waals surface area contributed by atoms with Crippen molar-refractivity contribution in [2.75, 3.05) is 6.61 Å². The molecule has 1 aromatic rings. The molecule has 1 radical (unpaired) electrons. The Morgan fingerprint density at radius 3 is 2.17 bits per heavy atom. The first-order valence-electron chi connectivity index (χ1n) is 4.80. The molecule has 0 heterocycles. The molecule has 0 fully saturated rings. The van der Waals surface area contributed by atoms with E-state index in [-0.39, 0.29) is 17.5 Å². The van der Waals surface area contributed by atoms with Crippen LogP contribution in [-0.2, 0) is 31.7 Å². The summed E-state index contributed by atoms with van der Waals surface area (Å²) < 4.78 is 54.1. The maximum absolute atomic E-state index is 11.4. The Morgan fingerprint density at radius 1 is 1.22 bits per heavy atom. The van der Waals surface area contributed by atoms with Gasteiger partial charge in [-0.1, -0.05) is 6.07 Å². The normalized spacial score (nSPS) is 12.7. The molecule has 0 bridgehead atoms. The number of benzene rings is 1. The van der Waals surface area contributed by atoms with Crippen LogP contribution in [0.4, 0.5) is 0 Å². The highest BCUT2D eigenvalue weighted by atomic mass is 32.2. The van der Waals surface area contributed by atoms with Crippen LogP contribution in [0.3, 0.4) is 0 Å². The highest BCUT2D eigenvalue weighted by Crippen LogP contribution is 2.26. The fourth-order valence-corrected chi connectivity index (χ4v) is 3.60. The van der Waals surface area contributed by atoms with Crippen LogP contribution in [0.5, 0.6) is 0 Å². The smallest absolute Gasteiger partial charge is 0.282 e. The van der Waals surface area contributed by atoms with Crippen LogP contribution in [0, 0.1) is 6.92 Å². The summed E-state index contributed by atoms with van der Waals surface area (Å²) in [4.78, 5) is -1.03. The predicted octanol–water partition coefficient (Wildman–Crippen LogP) is -0.138. The lowest BCUT2D eigenvalue weighted by atomic mass is 10.1. The van der Waals surface area contributed by atoms with Gasteiger partial charge in [0.1, 0.15) is 0 Å². The third kappa shape index (κ3) is 3.06. The molecule has 0 unspecified atom stereocenters. The molecule has 1 rings (SSSR count). The monoisotopic (exact) mass is 294 g/mol. The summed E-state index contributed by atoms with van der Waals surface area (Å²) in [6.07, 6.45) is -0.359. The van der Waals surface area contributed by atoms with Crippen molar-refractivity contribution in [3.63, 3.8) is 0 Å². The molecule has 0 spiro atoms. The van der Waals surface area contributed by atoms with Crippen LogP contribution < -0.4 is 5.14 Å². The van der Waals surface area contributed by atoms with Gasteiger partial charge in [0.15, 0.2) is 0 Å². The lowest BCUT2D eigenvalue weighted by Gasteiger charge is -2.13. The summed E-state index contributed by atoms with van der Waals surface area (Å²) in [5.41, 5.74) is -0.0525. The van der Waals surface area contributed by atoms with Crippen LogP contribution in [-0.4, -0.2) is 28.0 Å². The van der Waals surface area contributed by atoms with Crippen molar-refractivity contribution in [2.45, 2.75) is 23.1 Å². The average molecular weight is 294 g/mol. The first-order chi connectivity index (χ1) is 8.09. The Bertz CT molecular complexity index is 663. The number of primary sulfonamides is 1. The summed E-state index contributed by atoms with van der Waals surface area (Å²) in [6.45, 7) is 0.691. The highest BCUT2D eigenvalue weighted by Gasteiger charge is 2.25. The Labute approximate surface area is 105 Å². The van der Waals surface area contributed by atoms with Crippen molar-refractivity contribution in [1.29, 1.82) is 0 Å². The number of sulfonamides is 1. The highest BCUT2D eigenvalue weighted by molar-refractivity contribution is 7.89. The molecule has 1 aromatic carbocycles. The first kappa shape index (κ1) is 15.1. The lowest BCUT2D eigenvalue weighted by molar-refractivity contribution is 0.196. The predicted molar refractivity (Wildman–Crippen MR) is 61.6 cm³/mol. The van der Waals surface area contributed by atoms with Gasteiger partial charge in [0.2, 0.25) is 10.0 Å². The largest absolute Gasteiger partial charge is 0.294 e. The molecule has 3 N–H and O–H groups in total. The van der Waals surface area contributed by atoms with Gasteiger partial charge in [-0.05, 0) is 24.1 Å². The molecular weight excluding hydrogens is 282 g/mol. The Balaban J connectivity index is 3.81. The molecule has 0 amide bonds. The van der Waals surface area contributed by atoms with Crippen molar-refractivity contribution >= 4 is 20.1 Å². The number of hydrogen-bond donors (Lipinski definition) is 2. The van der Waals surface area contributed by atoms with Gasteiger partial charge in [-0.2, -0.15) is 8.42 Å². The molecule has 0 aliphatic carbocycles. The number of nitrogens with two attached hydrogens (primary N) is 1. The van der Waals surface area contributed by atoms with Gasteiger partial charge in [-0.3, -0.25) is 4.55 Å².